The van der Waals surface area contributed by atoms with Crippen molar-refractivity contribution in [1.82, 2.24) is 9.97 Å². The van der Waals surface area contributed by atoms with Crippen molar-refractivity contribution in [3.05, 3.63) is 53.5 Å². The normalized spacial score (nSPS) is 9.95. The van der Waals surface area contributed by atoms with Crippen LogP contribution < -0.4 is 4.90 Å². The van der Waals surface area contributed by atoms with E-state index in [1.807, 2.05) is 43.1 Å². The second kappa shape index (κ2) is 5.96. The molecule has 2 rings (SSSR count). The van der Waals surface area contributed by atoms with Gasteiger partial charge in [0.1, 0.15) is 11.9 Å². The molecule has 4 nitrogen and oxygen atoms in total. The van der Waals surface area contributed by atoms with E-state index in [-0.39, 0.29) is 0 Å². The largest absolute Gasteiger partial charge is 0.358 e. The Morgan fingerprint density at radius 2 is 2.05 bits per heavy atom. The maximum atomic E-state index is 9.20. The zero-order valence-electron chi connectivity index (χ0n) is 11.2. The highest BCUT2D eigenvalue weighted by atomic mass is 15.2. The predicted molar refractivity (Wildman–Crippen MR) is 74.9 cm³/mol. The summed E-state index contributed by atoms with van der Waals surface area (Å²) in [5.74, 6) is 0.735. The van der Waals surface area contributed by atoms with Crippen LogP contribution in [0.15, 0.2) is 36.7 Å². The van der Waals surface area contributed by atoms with Gasteiger partial charge in [-0.25, -0.2) is 4.98 Å². The molecule has 0 aliphatic carbocycles. The third kappa shape index (κ3) is 3.08. The second-order valence-corrected chi connectivity index (χ2v) is 4.43. The molecule has 0 aliphatic heterocycles. The molecule has 0 spiro atoms. The van der Waals surface area contributed by atoms with E-state index in [2.05, 4.69) is 16.0 Å². The summed E-state index contributed by atoms with van der Waals surface area (Å²) in [7, 11) is 1.95. The van der Waals surface area contributed by atoms with Crippen LogP contribution in [-0.4, -0.2) is 23.6 Å². The zero-order chi connectivity index (χ0) is 13.7. The van der Waals surface area contributed by atoms with Gasteiger partial charge >= 0.3 is 0 Å². The average Bonchev–Trinajstić information content (AvgIpc) is 2.45. The molecule has 0 aliphatic rings. The first-order valence-electron chi connectivity index (χ1n) is 6.19. The van der Waals surface area contributed by atoms with Crippen LogP contribution in [0.4, 0.5) is 5.82 Å². The van der Waals surface area contributed by atoms with E-state index in [0.29, 0.717) is 5.56 Å². The Kier molecular flexibility index (Phi) is 4.09. The first-order chi connectivity index (χ1) is 9.22. The fourth-order valence-electron chi connectivity index (χ4n) is 1.91. The summed E-state index contributed by atoms with van der Waals surface area (Å²) in [6.45, 7) is 2.71. The fraction of sp³-hybridized carbons (Fsp3) is 0.267. The van der Waals surface area contributed by atoms with Gasteiger partial charge in [-0.2, -0.15) is 5.26 Å². The SMILES string of the molecule is Cc1ccnc(N(C)CCc2ccccn2)c1C#N. The number of aryl methyl sites for hydroxylation is 1. The Morgan fingerprint density at radius 3 is 2.74 bits per heavy atom. The fourth-order valence-corrected chi connectivity index (χ4v) is 1.91. The lowest BCUT2D eigenvalue weighted by Gasteiger charge is -2.19. The third-order valence-corrected chi connectivity index (χ3v) is 3.04. The number of likely N-dealkylation sites (N-methyl/N-ethyl adjacent to an activating group) is 1. The third-order valence-electron chi connectivity index (χ3n) is 3.04. The standard InChI is InChI=1S/C15H16N4/c1-12-6-9-18-15(14(12)11-16)19(2)10-7-13-5-3-4-8-17-13/h3-6,8-9H,7,10H2,1-2H3. The highest BCUT2D eigenvalue weighted by Crippen LogP contribution is 2.18. The predicted octanol–water partition coefficient (Wildman–Crippen LogP) is 2.34. The number of anilines is 1. The number of nitrogens with zero attached hydrogens (tertiary/aromatic N) is 4. The van der Waals surface area contributed by atoms with Crippen LogP contribution in [0.25, 0.3) is 0 Å². The highest BCUT2D eigenvalue weighted by Gasteiger charge is 2.11. The van der Waals surface area contributed by atoms with E-state index in [1.165, 1.54) is 0 Å². The van der Waals surface area contributed by atoms with Crippen molar-refractivity contribution in [2.45, 2.75) is 13.3 Å². The van der Waals surface area contributed by atoms with Gasteiger partial charge in [0.2, 0.25) is 0 Å². The van der Waals surface area contributed by atoms with Gasteiger partial charge in [-0.1, -0.05) is 6.07 Å². The number of pyridine rings is 2. The van der Waals surface area contributed by atoms with Crippen LogP contribution in [-0.2, 0) is 6.42 Å². The summed E-state index contributed by atoms with van der Waals surface area (Å²) in [6, 6.07) is 9.97. The van der Waals surface area contributed by atoms with Crippen molar-refractivity contribution in [1.29, 1.82) is 5.26 Å². The lowest BCUT2D eigenvalue weighted by Crippen LogP contribution is -2.23. The van der Waals surface area contributed by atoms with E-state index in [4.69, 9.17) is 0 Å². The van der Waals surface area contributed by atoms with Gasteiger partial charge in [0.25, 0.3) is 0 Å². The molecule has 0 unspecified atom stereocenters. The first kappa shape index (κ1) is 13.0. The summed E-state index contributed by atoms with van der Waals surface area (Å²) in [5, 5.41) is 9.20. The van der Waals surface area contributed by atoms with Gasteiger partial charge in [0.15, 0.2) is 0 Å². The quantitative estimate of drug-likeness (QED) is 0.838. The molecular weight excluding hydrogens is 236 g/mol. The zero-order valence-corrected chi connectivity index (χ0v) is 11.2. The van der Waals surface area contributed by atoms with E-state index < -0.39 is 0 Å². The van der Waals surface area contributed by atoms with Crippen LogP contribution in [0.1, 0.15) is 16.8 Å². The van der Waals surface area contributed by atoms with Gasteiger partial charge in [0, 0.05) is 38.1 Å². The number of rotatable bonds is 4. The topological polar surface area (TPSA) is 52.8 Å². The smallest absolute Gasteiger partial charge is 0.146 e. The molecular formula is C15H16N4. The number of hydrogen-bond acceptors (Lipinski definition) is 4. The minimum atomic E-state index is 0.644. The summed E-state index contributed by atoms with van der Waals surface area (Å²) >= 11 is 0. The molecule has 0 radical (unpaired) electrons. The minimum Gasteiger partial charge on any atom is -0.358 e. The number of aromatic nitrogens is 2. The lowest BCUT2D eigenvalue weighted by atomic mass is 10.1. The van der Waals surface area contributed by atoms with Gasteiger partial charge in [-0.3, -0.25) is 4.98 Å². The molecule has 2 aromatic heterocycles. The van der Waals surface area contributed by atoms with Crippen LogP contribution in [0.2, 0.25) is 0 Å². The molecule has 0 aromatic carbocycles. The van der Waals surface area contributed by atoms with E-state index in [0.717, 1.165) is 30.0 Å². The summed E-state index contributed by atoms with van der Waals surface area (Å²) in [5.41, 5.74) is 2.64. The highest BCUT2D eigenvalue weighted by molar-refractivity contribution is 5.56. The lowest BCUT2D eigenvalue weighted by molar-refractivity contribution is 0.836. The number of nitriles is 1. The molecule has 2 aromatic rings. The van der Waals surface area contributed by atoms with Crippen molar-refractivity contribution in [3.63, 3.8) is 0 Å². The maximum absolute atomic E-state index is 9.20. The molecule has 0 amide bonds. The molecule has 0 fully saturated rings. The Bertz CT molecular complexity index is 587. The van der Waals surface area contributed by atoms with Crippen LogP contribution in [0.3, 0.4) is 0 Å². The van der Waals surface area contributed by atoms with E-state index >= 15 is 0 Å². The Labute approximate surface area is 113 Å². The van der Waals surface area contributed by atoms with Crippen molar-refractivity contribution in [2.75, 3.05) is 18.5 Å². The molecule has 2 heterocycles. The Hall–Kier alpha value is -2.41. The summed E-state index contributed by atoms with van der Waals surface area (Å²) in [4.78, 5) is 10.6. The Balaban J connectivity index is 2.11. The van der Waals surface area contributed by atoms with Crippen molar-refractivity contribution >= 4 is 5.82 Å². The van der Waals surface area contributed by atoms with Crippen molar-refractivity contribution in [2.24, 2.45) is 0 Å². The molecule has 96 valence electrons. The molecule has 4 heteroatoms. The molecule has 19 heavy (non-hydrogen) atoms. The minimum absolute atomic E-state index is 0.644. The monoisotopic (exact) mass is 252 g/mol. The first-order valence-corrected chi connectivity index (χ1v) is 6.19. The molecule has 0 bridgehead atoms. The maximum Gasteiger partial charge on any atom is 0.146 e. The van der Waals surface area contributed by atoms with Gasteiger partial charge in [-0.05, 0) is 30.7 Å². The van der Waals surface area contributed by atoms with Crippen LogP contribution >= 0.6 is 0 Å². The summed E-state index contributed by atoms with van der Waals surface area (Å²) in [6.07, 6.45) is 4.36. The van der Waals surface area contributed by atoms with Crippen LogP contribution in [0.5, 0.6) is 0 Å². The van der Waals surface area contributed by atoms with E-state index in [1.54, 1.807) is 12.4 Å². The molecule has 0 N–H and O–H groups in total. The average molecular weight is 252 g/mol. The molecule has 0 atom stereocenters. The summed E-state index contributed by atoms with van der Waals surface area (Å²) < 4.78 is 0. The second-order valence-electron chi connectivity index (χ2n) is 4.43. The Morgan fingerprint density at radius 1 is 1.21 bits per heavy atom. The van der Waals surface area contributed by atoms with Crippen LogP contribution in [0, 0.1) is 18.3 Å². The van der Waals surface area contributed by atoms with Gasteiger partial charge in [0.05, 0.1) is 5.56 Å². The molecule has 0 saturated heterocycles. The van der Waals surface area contributed by atoms with Crippen molar-refractivity contribution < 1.29 is 0 Å². The van der Waals surface area contributed by atoms with Gasteiger partial charge < -0.3 is 4.90 Å². The van der Waals surface area contributed by atoms with Crippen molar-refractivity contribution in [3.8, 4) is 6.07 Å². The molecule has 0 saturated carbocycles. The van der Waals surface area contributed by atoms with E-state index in [9.17, 15) is 5.26 Å². The number of hydrogen-bond donors (Lipinski definition) is 0. The van der Waals surface area contributed by atoms with Gasteiger partial charge in [-0.15, -0.1) is 0 Å².